The predicted molar refractivity (Wildman–Crippen MR) is 78.0 cm³/mol. The minimum absolute atomic E-state index is 0.0198. The molecular weight excluding hydrogens is 282 g/mol. The Balaban J connectivity index is 2.05. The lowest BCUT2D eigenvalue weighted by atomic mass is 10.3. The van der Waals surface area contributed by atoms with Crippen LogP contribution in [0.4, 0.5) is 0 Å². The second kappa shape index (κ2) is 6.15. The predicted octanol–water partition coefficient (Wildman–Crippen LogP) is 2.34. The molecule has 0 spiro atoms. The molecule has 0 amide bonds. The van der Waals surface area contributed by atoms with Gasteiger partial charge in [-0.05, 0) is 37.1 Å². The quantitative estimate of drug-likeness (QED) is 0.876. The van der Waals surface area contributed by atoms with Crippen molar-refractivity contribution >= 4 is 21.8 Å². The van der Waals surface area contributed by atoms with Gasteiger partial charge < -0.3 is 5.11 Å². The topological polar surface area (TPSA) is 66.4 Å². The van der Waals surface area contributed by atoms with Gasteiger partial charge in [0.1, 0.15) is 10.6 Å². The number of nitrogens with one attached hydrogen (secondary N) is 1. The second-order valence-electron chi connectivity index (χ2n) is 4.68. The standard InChI is InChI=1S/C13H19NO3S2/c1-2-18-11-8-7-10(9-11)14-19(16,17)13-6-4-3-5-12(13)15/h3-6,10-11,14-15H,2,7-9H2,1H3. The van der Waals surface area contributed by atoms with Gasteiger partial charge in [0, 0.05) is 11.3 Å². The lowest BCUT2D eigenvalue weighted by Crippen LogP contribution is -2.33. The summed E-state index contributed by atoms with van der Waals surface area (Å²) in [6, 6.07) is 6.01. The molecule has 0 radical (unpaired) electrons. The fourth-order valence-corrected chi connectivity index (χ4v) is 4.93. The van der Waals surface area contributed by atoms with E-state index < -0.39 is 10.0 Å². The lowest BCUT2D eigenvalue weighted by Gasteiger charge is -2.14. The highest BCUT2D eigenvalue weighted by atomic mass is 32.2. The number of hydrogen-bond donors (Lipinski definition) is 2. The van der Waals surface area contributed by atoms with Crippen LogP contribution in [-0.2, 0) is 10.0 Å². The van der Waals surface area contributed by atoms with Crippen LogP contribution in [0.2, 0.25) is 0 Å². The van der Waals surface area contributed by atoms with E-state index in [2.05, 4.69) is 11.6 Å². The van der Waals surface area contributed by atoms with E-state index in [1.54, 1.807) is 12.1 Å². The summed E-state index contributed by atoms with van der Waals surface area (Å²) in [5.74, 6) is 0.858. The van der Waals surface area contributed by atoms with Crippen molar-refractivity contribution in [3.8, 4) is 5.75 Å². The number of phenolic OH excluding ortho intramolecular Hbond substituents is 1. The van der Waals surface area contributed by atoms with E-state index in [1.807, 2.05) is 11.8 Å². The van der Waals surface area contributed by atoms with E-state index in [-0.39, 0.29) is 16.7 Å². The van der Waals surface area contributed by atoms with Crippen LogP contribution in [0.3, 0.4) is 0 Å². The maximum Gasteiger partial charge on any atom is 0.244 e. The summed E-state index contributed by atoms with van der Waals surface area (Å²) in [4.78, 5) is -0.0402. The Kier molecular flexibility index (Phi) is 4.76. The largest absolute Gasteiger partial charge is 0.507 e. The molecule has 0 heterocycles. The molecule has 4 nitrogen and oxygen atoms in total. The zero-order valence-corrected chi connectivity index (χ0v) is 12.5. The number of para-hydroxylation sites is 1. The molecule has 1 aliphatic carbocycles. The Morgan fingerprint density at radius 1 is 1.37 bits per heavy atom. The molecule has 0 aliphatic heterocycles. The first-order valence-corrected chi connectivity index (χ1v) is 8.98. The minimum Gasteiger partial charge on any atom is -0.507 e. The van der Waals surface area contributed by atoms with Crippen molar-refractivity contribution in [2.24, 2.45) is 0 Å². The first-order valence-electron chi connectivity index (χ1n) is 6.45. The van der Waals surface area contributed by atoms with E-state index in [1.165, 1.54) is 12.1 Å². The molecule has 19 heavy (non-hydrogen) atoms. The van der Waals surface area contributed by atoms with Crippen LogP contribution in [0.25, 0.3) is 0 Å². The van der Waals surface area contributed by atoms with Crippen molar-refractivity contribution in [1.82, 2.24) is 4.72 Å². The fraction of sp³-hybridized carbons (Fsp3) is 0.538. The molecule has 2 atom stereocenters. The second-order valence-corrected chi connectivity index (χ2v) is 7.94. The first-order chi connectivity index (χ1) is 9.03. The average Bonchev–Trinajstić information content (AvgIpc) is 2.76. The van der Waals surface area contributed by atoms with Gasteiger partial charge in [0.15, 0.2) is 0 Å². The highest BCUT2D eigenvalue weighted by Gasteiger charge is 2.29. The van der Waals surface area contributed by atoms with Gasteiger partial charge in [-0.1, -0.05) is 19.1 Å². The third-order valence-corrected chi connectivity index (χ3v) is 6.06. The smallest absolute Gasteiger partial charge is 0.244 e. The van der Waals surface area contributed by atoms with E-state index in [0.29, 0.717) is 5.25 Å². The summed E-state index contributed by atoms with van der Waals surface area (Å²) in [6.07, 6.45) is 2.78. The number of hydrogen-bond acceptors (Lipinski definition) is 4. The summed E-state index contributed by atoms with van der Waals surface area (Å²) >= 11 is 1.88. The van der Waals surface area contributed by atoms with Crippen LogP contribution >= 0.6 is 11.8 Å². The number of sulfonamides is 1. The molecule has 2 N–H and O–H groups in total. The summed E-state index contributed by atoms with van der Waals surface area (Å²) < 4.78 is 27.1. The highest BCUT2D eigenvalue weighted by molar-refractivity contribution is 7.99. The van der Waals surface area contributed by atoms with Gasteiger partial charge in [0.25, 0.3) is 0 Å². The van der Waals surface area contributed by atoms with Gasteiger partial charge >= 0.3 is 0 Å². The normalized spacial score (nSPS) is 23.6. The number of benzene rings is 1. The van der Waals surface area contributed by atoms with Crippen LogP contribution in [-0.4, -0.2) is 30.6 Å². The van der Waals surface area contributed by atoms with Crippen molar-refractivity contribution in [3.63, 3.8) is 0 Å². The summed E-state index contributed by atoms with van der Waals surface area (Å²) in [7, 11) is -3.62. The zero-order valence-electron chi connectivity index (χ0n) is 10.9. The van der Waals surface area contributed by atoms with Gasteiger partial charge in [-0.3, -0.25) is 0 Å². The van der Waals surface area contributed by atoms with Crippen LogP contribution in [0.15, 0.2) is 29.2 Å². The minimum atomic E-state index is -3.62. The Bertz CT molecular complexity index is 530. The molecule has 6 heteroatoms. The number of phenols is 1. The van der Waals surface area contributed by atoms with E-state index >= 15 is 0 Å². The van der Waals surface area contributed by atoms with E-state index in [9.17, 15) is 13.5 Å². The SMILES string of the molecule is CCSC1CCC(NS(=O)(=O)c2ccccc2O)C1. The van der Waals surface area contributed by atoms with Crippen LogP contribution in [0.1, 0.15) is 26.2 Å². The molecule has 1 fully saturated rings. The maximum absolute atomic E-state index is 12.2. The molecule has 2 rings (SSSR count). The molecule has 0 bridgehead atoms. The summed E-state index contributed by atoms with van der Waals surface area (Å²) in [6.45, 7) is 2.12. The average molecular weight is 301 g/mol. The fourth-order valence-electron chi connectivity index (χ4n) is 2.40. The van der Waals surface area contributed by atoms with Gasteiger partial charge in [-0.2, -0.15) is 11.8 Å². The third kappa shape index (κ3) is 3.64. The Labute approximate surface area is 118 Å². The van der Waals surface area contributed by atoms with Gasteiger partial charge in [-0.15, -0.1) is 0 Å². The van der Waals surface area contributed by atoms with Crippen molar-refractivity contribution in [3.05, 3.63) is 24.3 Å². The first kappa shape index (κ1) is 14.7. The van der Waals surface area contributed by atoms with Crippen molar-refractivity contribution in [1.29, 1.82) is 0 Å². The molecular formula is C13H19NO3S2. The Morgan fingerprint density at radius 3 is 2.79 bits per heavy atom. The molecule has 0 aromatic heterocycles. The molecule has 106 valence electrons. The Morgan fingerprint density at radius 2 is 2.11 bits per heavy atom. The third-order valence-electron chi connectivity index (χ3n) is 3.26. The van der Waals surface area contributed by atoms with Crippen molar-refractivity contribution in [2.45, 2.75) is 42.4 Å². The number of aromatic hydroxyl groups is 1. The van der Waals surface area contributed by atoms with Crippen molar-refractivity contribution < 1.29 is 13.5 Å². The van der Waals surface area contributed by atoms with Gasteiger partial charge in [0.2, 0.25) is 10.0 Å². The monoisotopic (exact) mass is 301 g/mol. The number of thioether (sulfide) groups is 1. The summed E-state index contributed by atoms with van der Waals surface area (Å²) in [5.41, 5.74) is 0. The highest BCUT2D eigenvalue weighted by Crippen LogP contribution is 2.31. The molecule has 1 saturated carbocycles. The van der Waals surface area contributed by atoms with Crippen LogP contribution in [0.5, 0.6) is 5.75 Å². The molecule has 2 unspecified atom stereocenters. The maximum atomic E-state index is 12.2. The van der Waals surface area contributed by atoms with Gasteiger partial charge in [-0.25, -0.2) is 13.1 Å². The molecule has 1 aromatic rings. The van der Waals surface area contributed by atoms with E-state index in [4.69, 9.17) is 0 Å². The van der Waals surface area contributed by atoms with Crippen LogP contribution < -0.4 is 4.72 Å². The Hall–Kier alpha value is -0.720. The van der Waals surface area contributed by atoms with Crippen LogP contribution in [0, 0.1) is 0 Å². The molecule has 0 saturated heterocycles. The number of rotatable bonds is 5. The summed E-state index contributed by atoms with van der Waals surface area (Å²) in [5, 5.41) is 10.2. The van der Waals surface area contributed by atoms with E-state index in [0.717, 1.165) is 25.0 Å². The zero-order chi connectivity index (χ0) is 13.9. The molecule has 1 aliphatic rings. The van der Waals surface area contributed by atoms with Gasteiger partial charge in [0.05, 0.1) is 0 Å². The van der Waals surface area contributed by atoms with Crippen molar-refractivity contribution in [2.75, 3.05) is 5.75 Å². The molecule has 1 aromatic carbocycles. The lowest BCUT2D eigenvalue weighted by molar-refractivity contribution is 0.457.